The Bertz CT molecular complexity index is 98.6. The minimum atomic E-state index is -0.803. The zero-order valence-electron chi connectivity index (χ0n) is 4.37. The third-order valence-corrected chi connectivity index (χ3v) is 0.775. The highest BCUT2D eigenvalue weighted by atomic mass is 32.1. The largest absolute Gasteiger partial charge is 0.481 e. The van der Waals surface area contributed by atoms with Gasteiger partial charge >= 0.3 is 5.97 Å². The summed E-state index contributed by atoms with van der Waals surface area (Å²) in [5.41, 5.74) is 0. The Balaban J connectivity index is 3.16. The first-order valence-electron chi connectivity index (χ1n) is 2.25. The first-order chi connectivity index (χ1) is 3.77. The molecule has 8 heavy (non-hydrogen) atoms. The predicted octanol–water partition coefficient (Wildman–Crippen LogP) is 0.947. The van der Waals surface area contributed by atoms with Crippen molar-refractivity contribution in [1.29, 1.82) is 0 Å². The van der Waals surface area contributed by atoms with Crippen LogP contribution in [0.15, 0.2) is 12.2 Å². The summed E-state index contributed by atoms with van der Waals surface area (Å²) in [4.78, 5) is 9.80. The lowest BCUT2D eigenvalue weighted by Gasteiger charge is -1.79. The molecule has 46 valence electrons. The van der Waals surface area contributed by atoms with Crippen molar-refractivity contribution in [2.75, 3.05) is 5.75 Å². The highest BCUT2D eigenvalue weighted by Crippen LogP contribution is 1.83. The fourth-order valence-corrected chi connectivity index (χ4v) is 0.408. The maximum atomic E-state index is 9.80. The molecule has 0 aromatic carbocycles. The van der Waals surface area contributed by atoms with Crippen molar-refractivity contribution >= 4 is 18.6 Å². The highest BCUT2D eigenvalue weighted by Gasteiger charge is 1.86. The summed E-state index contributed by atoms with van der Waals surface area (Å²) in [5.74, 6) is -0.198. The summed E-state index contributed by atoms with van der Waals surface area (Å²) in [7, 11) is 0. The third kappa shape index (κ3) is 5.56. The Labute approximate surface area is 53.6 Å². The molecule has 1 N–H and O–H groups in total. The SMILES string of the molecule is O=C(O)CC=CCS. The summed E-state index contributed by atoms with van der Waals surface area (Å²) < 4.78 is 0. The summed E-state index contributed by atoms with van der Waals surface area (Å²) in [6, 6.07) is 0. The Morgan fingerprint density at radius 1 is 1.62 bits per heavy atom. The van der Waals surface area contributed by atoms with Crippen LogP contribution in [0.1, 0.15) is 6.42 Å². The van der Waals surface area contributed by atoms with Gasteiger partial charge in [-0.3, -0.25) is 4.79 Å². The van der Waals surface area contributed by atoms with Gasteiger partial charge in [-0.25, -0.2) is 0 Å². The van der Waals surface area contributed by atoms with E-state index in [0.717, 1.165) is 0 Å². The summed E-state index contributed by atoms with van der Waals surface area (Å²) in [5, 5.41) is 8.06. The van der Waals surface area contributed by atoms with Crippen LogP contribution in [0.5, 0.6) is 0 Å². The summed E-state index contributed by atoms with van der Waals surface area (Å²) in [6.07, 6.45) is 3.38. The van der Waals surface area contributed by atoms with Gasteiger partial charge in [0.15, 0.2) is 0 Å². The van der Waals surface area contributed by atoms with Crippen LogP contribution in [0, 0.1) is 0 Å². The molecule has 0 aromatic heterocycles. The van der Waals surface area contributed by atoms with E-state index in [1.165, 1.54) is 0 Å². The van der Waals surface area contributed by atoms with Gasteiger partial charge in [0.2, 0.25) is 0 Å². The van der Waals surface area contributed by atoms with Gasteiger partial charge in [0.1, 0.15) is 0 Å². The van der Waals surface area contributed by atoms with Gasteiger partial charge in [-0.05, 0) is 0 Å². The molecule has 0 heterocycles. The maximum Gasteiger partial charge on any atom is 0.307 e. The van der Waals surface area contributed by atoms with Crippen LogP contribution in [0.2, 0.25) is 0 Å². The Morgan fingerprint density at radius 3 is 2.62 bits per heavy atom. The van der Waals surface area contributed by atoms with Crippen LogP contribution in [0.3, 0.4) is 0 Å². The molecule has 0 saturated heterocycles. The molecule has 0 fully saturated rings. The molecule has 0 radical (unpaired) electrons. The predicted molar refractivity (Wildman–Crippen MR) is 35.2 cm³/mol. The molecule has 0 bridgehead atoms. The number of aliphatic carboxylic acids is 1. The van der Waals surface area contributed by atoms with E-state index in [1.807, 2.05) is 0 Å². The minimum absolute atomic E-state index is 0.0978. The van der Waals surface area contributed by atoms with Crippen molar-refractivity contribution in [2.45, 2.75) is 6.42 Å². The first kappa shape index (κ1) is 7.56. The molecule has 0 amide bonds. The topological polar surface area (TPSA) is 37.3 Å². The standard InChI is InChI=1S/C5H8O2S/c6-5(7)3-1-2-4-8/h1-2,8H,3-4H2,(H,6,7). The van der Waals surface area contributed by atoms with Crippen molar-refractivity contribution in [3.63, 3.8) is 0 Å². The van der Waals surface area contributed by atoms with E-state index >= 15 is 0 Å². The monoisotopic (exact) mass is 132 g/mol. The van der Waals surface area contributed by atoms with Crippen LogP contribution < -0.4 is 0 Å². The smallest absolute Gasteiger partial charge is 0.307 e. The average Bonchev–Trinajstić information content (AvgIpc) is 1.66. The van der Waals surface area contributed by atoms with Crippen molar-refractivity contribution in [2.24, 2.45) is 0 Å². The molecule has 0 aliphatic heterocycles. The average molecular weight is 132 g/mol. The number of rotatable bonds is 3. The van der Waals surface area contributed by atoms with E-state index in [2.05, 4.69) is 12.6 Å². The molecule has 0 unspecified atom stereocenters. The van der Waals surface area contributed by atoms with Gasteiger partial charge in [-0.1, -0.05) is 12.2 Å². The van der Waals surface area contributed by atoms with Crippen molar-refractivity contribution in [3.05, 3.63) is 12.2 Å². The number of carbonyl (C=O) groups is 1. The quantitative estimate of drug-likeness (QED) is 0.443. The molecule has 0 atom stereocenters. The van der Waals surface area contributed by atoms with Crippen LogP contribution >= 0.6 is 12.6 Å². The molecule has 0 aliphatic carbocycles. The van der Waals surface area contributed by atoms with Crippen LogP contribution in [-0.2, 0) is 4.79 Å². The Kier molecular flexibility index (Phi) is 4.45. The second-order valence-corrected chi connectivity index (χ2v) is 1.62. The Morgan fingerprint density at radius 2 is 2.25 bits per heavy atom. The van der Waals surface area contributed by atoms with Gasteiger partial charge in [0.25, 0.3) is 0 Å². The fourth-order valence-electron chi connectivity index (χ4n) is 0.259. The fraction of sp³-hybridized carbons (Fsp3) is 0.400. The summed E-state index contributed by atoms with van der Waals surface area (Å²) >= 11 is 3.84. The molecule has 3 heteroatoms. The molecule has 2 nitrogen and oxygen atoms in total. The van der Waals surface area contributed by atoms with E-state index in [0.29, 0.717) is 5.75 Å². The number of thiol groups is 1. The van der Waals surface area contributed by atoms with Crippen molar-refractivity contribution in [3.8, 4) is 0 Å². The second-order valence-electron chi connectivity index (χ2n) is 1.25. The molecular formula is C5H8O2S. The molecular weight excluding hydrogens is 124 g/mol. The summed E-state index contributed by atoms with van der Waals surface area (Å²) in [6.45, 7) is 0. The van der Waals surface area contributed by atoms with E-state index in [-0.39, 0.29) is 6.42 Å². The van der Waals surface area contributed by atoms with E-state index in [9.17, 15) is 4.79 Å². The number of carboxylic acid groups (broad SMARTS) is 1. The Hall–Kier alpha value is -0.440. The molecule has 0 rings (SSSR count). The second kappa shape index (κ2) is 4.71. The van der Waals surface area contributed by atoms with Crippen molar-refractivity contribution in [1.82, 2.24) is 0 Å². The lowest BCUT2D eigenvalue weighted by molar-refractivity contribution is -0.135. The normalized spacial score (nSPS) is 10.1. The van der Waals surface area contributed by atoms with E-state index in [1.54, 1.807) is 12.2 Å². The van der Waals surface area contributed by atoms with E-state index < -0.39 is 5.97 Å². The lowest BCUT2D eigenvalue weighted by Crippen LogP contribution is -1.89. The van der Waals surface area contributed by atoms with Gasteiger partial charge in [-0.15, -0.1) is 0 Å². The zero-order chi connectivity index (χ0) is 6.41. The van der Waals surface area contributed by atoms with Gasteiger partial charge in [0.05, 0.1) is 6.42 Å². The minimum Gasteiger partial charge on any atom is -0.481 e. The zero-order valence-corrected chi connectivity index (χ0v) is 5.27. The molecule has 0 aliphatic rings. The third-order valence-electron chi connectivity index (χ3n) is 0.565. The van der Waals surface area contributed by atoms with Gasteiger partial charge in [0, 0.05) is 5.75 Å². The van der Waals surface area contributed by atoms with Gasteiger partial charge < -0.3 is 5.11 Å². The van der Waals surface area contributed by atoms with Crippen LogP contribution in [0.4, 0.5) is 0 Å². The number of hydrogen-bond donors (Lipinski definition) is 2. The van der Waals surface area contributed by atoms with Crippen LogP contribution in [0.25, 0.3) is 0 Å². The number of hydrogen-bond acceptors (Lipinski definition) is 2. The molecule has 0 spiro atoms. The molecule has 0 aromatic rings. The lowest BCUT2D eigenvalue weighted by atomic mass is 10.4. The molecule has 0 saturated carbocycles. The number of carboxylic acids is 1. The van der Waals surface area contributed by atoms with Crippen LogP contribution in [-0.4, -0.2) is 16.8 Å². The first-order valence-corrected chi connectivity index (χ1v) is 2.88. The maximum absolute atomic E-state index is 9.80. The van der Waals surface area contributed by atoms with Crippen molar-refractivity contribution < 1.29 is 9.90 Å². The highest BCUT2D eigenvalue weighted by molar-refractivity contribution is 7.80. The van der Waals surface area contributed by atoms with Gasteiger partial charge in [-0.2, -0.15) is 12.6 Å². The van der Waals surface area contributed by atoms with E-state index in [4.69, 9.17) is 5.11 Å².